The molecule has 0 aliphatic carbocycles. The van der Waals surface area contributed by atoms with Crippen molar-refractivity contribution in [3.8, 4) is 0 Å². The summed E-state index contributed by atoms with van der Waals surface area (Å²) in [5.41, 5.74) is 0. The van der Waals surface area contributed by atoms with Crippen LogP contribution >= 0.6 is 19.8 Å². The smallest absolute Gasteiger partial charge is 0.160 e. The van der Waals surface area contributed by atoms with E-state index in [0.29, 0.717) is 0 Å². The molecule has 32 heavy (non-hydrogen) atoms. The van der Waals surface area contributed by atoms with E-state index in [2.05, 4.69) is 26.6 Å². The molecule has 1 unspecified atom stereocenters. The zero-order valence-corrected chi connectivity index (χ0v) is 23.9. The molecule has 4 heteroatoms. The molecular formula is C28H58O2PS+. The molecule has 0 radical (unpaired) electrons. The van der Waals surface area contributed by atoms with Crippen LogP contribution in [0.5, 0.6) is 0 Å². The molecule has 0 saturated carbocycles. The molecule has 0 amide bonds. The Morgan fingerprint density at radius 2 is 0.906 bits per heavy atom. The minimum absolute atomic E-state index is 0.760. The molecule has 0 saturated heterocycles. The largest absolute Gasteiger partial charge is 0.426 e. The monoisotopic (exact) mass is 489 g/mol. The topological polar surface area (TPSA) is 18.5 Å². The maximum Gasteiger partial charge on any atom is 0.426 e. The molecule has 0 N–H and O–H groups in total. The summed E-state index contributed by atoms with van der Waals surface area (Å²) in [4.78, 5) is 0. The zero-order chi connectivity index (χ0) is 23.4. The van der Waals surface area contributed by atoms with Gasteiger partial charge in [0, 0.05) is 5.75 Å². The predicted octanol–water partition coefficient (Wildman–Crippen LogP) is 10.7. The number of thioether (sulfide) groups is 1. The lowest BCUT2D eigenvalue weighted by Gasteiger charge is -2.04. The summed E-state index contributed by atoms with van der Waals surface area (Å²) in [5.74, 6) is 4.33. The Balaban J connectivity index is 3.16. The lowest BCUT2D eigenvalue weighted by atomic mass is 10.0. The van der Waals surface area contributed by atoms with Crippen LogP contribution in [0.25, 0.3) is 0 Å². The van der Waals surface area contributed by atoms with E-state index in [1.807, 2.05) is 11.8 Å². The molecule has 0 bridgehead atoms. The fourth-order valence-electron chi connectivity index (χ4n) is 4.03. The van der Waals surface area contributed by atoms with Crippen molar-refractivity contribution in [2.45, 2.75) is 149 Å². The second kappa shape index (κ2) is 29.5. The highest BCUT2D eigenvalue weighted by Gasteiger charge is 2.11. The van der Waals surface area contributed by atoms with E-state index < -0.39 is 8.00 Å². The number of rotatable bonds is 27. The van der Waals surface area contributed by atoms with Crippen LogP contribution in [0.3, 0.4) is 0 Å². The first-order chi connectivity index (χ1) is 15.8. The van der Waals surface area contributed by atoms with Crippen LogP contribution in [0.1, 0.15) is 149 Å². The predicted molar refractivity (Wildman–Crippen MR) is 152 cm³/mol. The fraction of sp³-hybridized carbons (Fsp3) is 0.964. The van der Waals surface area contributed by atoms with E-state index >= 15 is 0 Å². The van der Waals surface area contributed by atoms with Crippen molar-refractivity contribution >= 4 is 25.6 Å². The molecular weight excluding hydrogens is 431 g/mol. The number of hydrogen-bond acceptors (Lipinski definition) is 3. The molecule has 192 valence electrons. The van der Waals surface area contributed by atoms with Crippen LogP contribution in [-0.4, -0.2) is 30.5 Å². The summed E-state index contributed by atoms with van der Waals surface area (Å²) in [6, 6.07) is 0. The summed E-state index contributed by atoms with van der Waals surface area (Å²) in [7, 11) is -0.760. The Morgan fingerprint density at radius 3 is 1.28 bits per heavy atom. The zero-order valence-electron chi connectivity index (χ0n) is 22.2. The highest BCUT2D eigenvalue weighted by atomic mass is 32.2. The lowest BCUT2D eigenvalue weighted by molar-refractivity contribution is 0.267. The van der Waals surface area contributed by atoms with Crippen LogP contribution < -0.4 is 0 Å². The highest BCUT2D eigenvalue weighted by Crippen LogP contribution is 2.26. The third-order valence-corrected chi connectivity index (χ3v) is 8.24. The molecule has 0 fully saturated rings. The molecule has 0 rings (SSSR count). The Hall–Kier alpha value is 0.440. The lowest BCUT2D eigenvalue weighted by Crippen LogP contribution is -1.95. The third-order valence-electron chi connectivity index (χ3n) is 6.08. The molecule has 0 aliphatic heterocycles. The van der Waals surface area contributed by atoms with Gasteiger partial charge in [-0.1, -0.05) is 136 Å². The average Bonchev–Trinajstić information content (AvgIpc) is 2.81. The van der Waals surface area contributed by atoms with Gasteiger partial charge in [-0.2, -0.15) is 20.8 Å². The quantitative estimate of drug-likeness (QED) is 0.0844. The van der Waals surface area contributed by atoms with Crippen LogP contribution in [-0.2, 0) is 9.05 Å². The van der Waals surface area contributed by atoms with Gasteiger partial charge < -0.3 is 0 Å². The van der Waals surface area contributed by atoms with Crippen molar-refractivity contribution in [2.24, 2.45) is 0 Å². The molecule has 0 aromatic rings. The van der Waals surface area contributed by atoms with Crippen molar-refractivity contribution in [2.75, 3.05) is 24.7 Å². The number of hydrogen-bond donors (Lipinski definition) is 0. The van der Waals surface area contributed by atoms with Gasteiger partial charge in [0.15, 0.2) is 0 Å². The first-order valence-corrected chi connectivity index (χ1v) is 16.7. The average molecular weight is 490 g/mol. The molecule has 1 atom stereocenters. The molecule has 0 heterocycles. The van der Waals surface area contributed by atoms with Gasteiger partial charge in [-0.05, 0) is 19.1 Å². The maximum absolute atomic E-state index is 5.89. The van der Waals surface area contributed by atoms with Crippen LogP contribution in [0, 0.1) is 0 Å². The summed E-state index contributed by atoms with van der Waals surface area (Å²) < 4.78 is 11.7. The first-order valence-electron chi connectivity index (χ1n) is 14.3. The van der Waals surface area contributed by atoms with Gasteiger partial charge in [0.2, 0.25) is 0 Å². The molecule has 0 aromatic heterocycles. The Morgan fingerprint density at radius 1 is 0.531 bits per heavy atom. The van der Waals surface area contributed by atoms with Gasteiger partial charge >= 0.3 is 8.00 Å². The Labute approximate surface area is 208 Å². The van der Waals surface area contributed by atoms with E-state index in [1.54, 1.807) is 0 Å². The van der Waals surface area contributed by atoms with Crippen molar-refractivity contribution in [1.29, 1.82) is 0 Å². The molecule has 0 aliphatic rings. The maximum atomic E-state index is 5.89. The molecule has 0 aromatic carbocycles. The summed E-state index contributed by atoms with van der Waals surface area (Å²) in [5, 5.41) is 0. The van der Waals surface area contributed by atoms with Gasteiger partial charge in [0.25, 0.3) is 0 Å². The van der Waals surface area contributed by atoms with E-state index in [4.69, 9.17) is 9.05 Å². The van der Waals surface area contributed by atoms with Gasteiger partial charge in [-0.15, -0.1) is 0 Å². The normalized spacial score (nSPS) is 12.0. The third kappa shape index (κ3) is 26.7. The summed E-state index contributed by atoms with van der Waals surface area (Å²) in [6.45, 7) is 8.21. The van der Waals surface area contributed by atoms with Crippen molar-refractivity contribution in [3.63, 3.8) is 0 Å². The SMILES string of the molecule is CC=[P+](OCCCCCCCCCCCCCCCCCCCCCC)OCCSCC. The standard InChI is InChI=1S/C28H58O2PS/c1-4-7-8-9-10-11-12-13-14-15-16-17-18-19-20-21-22-23-24-25-26-29-31(5-2)30-27-28-32-6-3/h5H,4,6-28H2,1-3H3/q+1. The van der Waals surface area contributed by atoms with E-state index in [1.165, 1.54) is 128 Å². The van der Waals surface area contributed by atoms with Gasteiger partial charge in [0.1, 0.15) is 19.0 Å². The highest BCUT2D eigenvalue weighted by molar-refractivity contribution is 7.99. The number of unbranched alkanes of at least 4 members (excludes halogenated alkanes) is 19. The van der Waals surface area contributed by atoms with Crippen LogP contribution in [0.15, 0.2) is 0 Å². The molecule has 2 nitrogen and oxygen atoms in total. The minimum Gasteiger partial charge on any atom is -0.160 e. The van der Waals surface area contributed by atoms with Crippen molar-refractivity contribution in [3.05, 3.63) is 0 Å². The van der Waals surface area contributed by atoms with Crippen molar-refractivity contribution in [1.82, 2.24) is 0 Å². The van der Waals surface area contributed by atoms with E-state index in [9.17, 15) is 0 Å². The first kappa shape index (κ1) is 32.4. The summed E-state index contributed by atoms with van der Waals surface area (Å²) >= 11 is 1.93. The Bertz CT molecular complexity index is 376. The van der Waals surface area contributed by atoms with Gasteiger partial charge in [0.05, 0.1) is 0 Å². The van der Waals surface area contributed by atoms with Crippen LogP contribution in [0.4, 0.5) is 0 Å². The van der Waals surface area contributed by atoms with Crippen molar-refractivity contribution < 1.29 is 9.05 Å². The minimum atomic E-state index is -0.760. The van der Waals surface area contributed by atoms with Gasteiger partial charge in [-0.25, -0.2) is 0 Å². The second-order valence-corrected chi connectivity index (χ2v) is 12.1. The van der Waals surface area contributed by atoms with E-state index in [-0.39, 0.29) is 0 Å². The van der Waals surface area contributed by atoms with E-state index in [0.717, 1.165) is 24.7 Å². The van der Waals surface area contributed by atoms with Gasteiger partial charge in [-0.3, -0.25) is 0 Å². The molecule has 0 spiro atoms. The second-order valence-electron chi connectivity index (χ2n) is 9.12. The van der Waals surface area contributed by atoms with Crippen LogP contribution in [0.2, 0.25) is 0 Å². The fourth-order valence-corrected chi connectivity index (χ4v) is 5.59. The Kier molecular flexibility index (Phi) is 29.9. The summed E-state index contributed by atoms with van der Waals surface area (Å²) in [6.07, 6.45) is 28.5.